The van der Waals surface area contributed by atoms with E-state index in [2.05, 4.69) is 5.10 Å². The molecule has 0 fully saturated rings. The fraction of sp³-hybridized carbons (Fsp3) is 0. The summed E-state index contributed by atoms with van der Waals surface area (Å²) in [5.74, 6) is -1.14. The third kappa shape index (κ3) is 3.91. The Balaban J connectivity index is 1.56. The molecule has 4 aromatic rings. The van der Waals surface area contributed by atoms with E-state index in [0.29, 0.717) is 34.1 Å². The Morgan fingerprint density at radius 1 is 0.912 bits per heavy atom. The van der Waals surface area contributed by atoms with Crippen molar-refractivity contribution in [3.05, 3.63) is 119 Å². The SMILES string of the molecule is O=C(O)c1ccccc1-c1ccc(/C=C2\C(=O)N(c3ccc(F)cc3)N=C2c2ccccc2)o1. The van der Waals surface area contributed by atoms with Gasteiger partial charge in [0, 0.05) is 11.1 Å². The maximum atomic E-state index is 13.4. The Hall–Kier alpha value is -4.78. The Labute approximate surface area is 193 Å². The van der Waals surface area contributed by atoms with Crippen LogP contribution in [0.15, 0.2) is 106 Å². The lowest BCUT2D eigenvalue weighted by molar-refractivity contribution is -0.114. The number of carbonyl (C=O) groups excluding carboxylic acids is 1. The zero-order chi connectivity index (χ0) is 23.7. The Morgan fingerprint density at radius 3 is 2.35 bits per heavy atom. The quantitative estimate of drug-likeness (QED) is 0.399. The molecule has 1 aliphatic heterocycles. The normalized spacial score (nSPS) is 14.5. The van der Waals surface area contributed by atoms with E-state index in [9.17, 15) is 19.1 Å². The molecule has 166 valence electrons. The molecule has 0 spiro atoms. The molecule has 0 aliphatic carbocycles. The fourth-order valence-corrected chi connectivity index (χ4v) is 3.71. The molecule has 6 nitrogen and oxygen atoms in total. The minimum Gasteiger partial charge on any atom is -0.478 e. The minimum absolute atomic E-state index is 0.113. The predicted molar refractivity (Wildman–Crippen MR) is 126 cm³/mol. The van der Waals surface area contributed by atoms with E-state index in [1.165, 1.54) is 35.3 Å². The zero-order valence-electron chi connectivity index (χ0n) is 17.7. The van der Waals surface area contributed by atoms with Crippen LogP contribution in [0.1, 0.15) is 21.7 Å². The van der Waals surface area contributed by atoms with Crippen molar-refractivity contribution in [2.75, 3.05) is 5.01 Å². The molecular formula is C27H17FN2O4. The van der Waals surface area contributed by atoms with Gasteiger partial charge in [-0.2, -0.15) is 10.1 Å². The highest BCUT2D eigenvalue weighted by Gasteiger charge is 2.32. The summed E-state index contributed by atoms with van der Waals surface area (Å²) in [6.07, 6.45) is 1.57. The molecule has 0 unspecified atom stereocenters. The average Bonchev–Trinajstić information content (AvgIpc) is 3.45. The first-order chi connectivity index (χ1) is 16.5. The molecular weight excluding hydrogens is 435 g/mol. The molecule has 5 rings (SSSR count). The number of rotatable bonds is 5. The van der Waals surface area contributed by atoms with Gasteiger partial charge in [0.2, 0.25) is 0 Å². The minimum atomic E-state index is -1.06. The fourth-order valence-electron chi connectivity index (χ4n) is 3.71. The van der Waals surface area contributed by atoms with Gasteiger partial charge in [-0.15, -0.1) is 0 Å². The number of hydrogen-bond donors (Lipinski definition) is 1. The molecule has 1 aliphatic rings. The molecule has 7 heteroatoms. The van der Waals surface area contributed by atoms with Crippen LogP contribution in [0, 0.1) is 5.82 Å². The van der Waals surface area contributed by atoms with Crippen LogP contribution >= 0.6 is 0 Å². The van der Waals surface area contributed by atoms with Crippen molar-refractivity contribution in [2.45, 2.75) is 0 Å². The van der Waals surface area contributed by atoms with Gasteiger partial charge in [0.05, 0.1) is 16.8 Å². The van der Waals surface area contributed by atoms with Crippen LogP contribution < -0.4 is 5.01 Å². The number of hydrogen-bond acceptors (Lipinski definition) is 4. The second kappa shape index (κ2) is 8.63. The Morgan fingerprint density at radius 2 is 1.62 bits per heavy atom. The lowest BCUT2D eigenvalue weighted by atomic mass is 10.0. The van der Waals surface area contributed by atoms with Gasteiger partial charge in [0.15, 0.2) is 0 Å². The number of aromatic carboxylic acids is 1. The van der Waals surface area contributed by atoms with E-state index in [1.54, 1.807) is 36.4 Å². The third-order valence-corrected chi connectivity index (χ3v) is 5.33. The lowest BCUT2D eigenvalue weighted by Gasteiger charge is -2.11. The largest absolute Gasteiger partial charge is 0.478 e. The maximum absolute atomic E-state index is 13.4. The molecule has 1 amide bonds. The number of carboxylic acids is 1. The van der Waals surface area contributed by atoms with Crippen LogP contribution in [0.3, 0.4) is 0 Å². The number of furan rings is 1. The molecule has 3 aromatic carbocycles. The van der Waals surface area contributed by atoms with Crippen LogP contribution in [0.2, 0.25) is 0 Å². The number of carboxylic acid groups (broad SMARTS) is 1. The smallest absolute Gasteiger partial charge is 0.336 e. The summed E-state index contributed by atoms with van der Waals surface area (Å²) < 4.78 is 19.3. The summed E-state index contributed by atoms with van der Waals surface area (Å²) in [6.45, 7) is 0. The van der Waals surface area contributed by atoms with Crippen molar-refractivity contribution >= 4 is 29.4 Å². The van der Waals surface area contributed by atoms with E-state index in [1.807, 2.05) is 30.3 Å². The number of hydrazone groups is 1. The summed E-state index contributed by atoms with van der Waals surface area (Å²) >= 11 is 0. The standard InChI is InChI=1S/C27H17FN2O4/c28-18-10-12-19(13-11-18)30-26(31)23(25(29-30)17-6-2-1-3-7-17)16-20-14-15-24(34-20)21-8-4-5-9-22(21)27(32)33/h1-16H,(H,32,33)/b23-16-. The van der Waals surface area contributed by atoms with Crippen molar-refractivity contribution in [1.29, 1.82) is 0 Å². The van der Waals surface area contributed by atoms with Gasteiger partial charge in [-0.25, -0.2) is 9.18 Å². The second-order valence-corrected chi connectivity index (χ2v) is 7.52. The third-order valence-electron chi connectivity index (χ3n) is 5.33. The van der Waals surface area contributed by atoms with Crippen molar-refractivity contribution in [3.63, 3.8) is 0 Å². The number of anilines is 1. The Bertz CT molecular complexity index is 1450. The first kappa shape index (κ1) is 21.1. The molecule has 0 saturated carbocycles. The van der Waals surface area contributed by atoms with Gasteiger partial charge in [-0.05, 0) is 48.5 Å². The number of amides is 1. The van der Waals surface area contributed by atoms with Crippen LogP contribution in [0.4, 0.5) is 10.1 Å². The lowest BCUT2D eigenvalue weighted by Crippen LogP contribution is -2.21. The highest BCUT2D eigenvalue weighted by Crippen LogP contribution is 2.30. The van der Waals surface area contributed by atoms with Crippen molar-refractivity contribution < 1.29 is 23.5 Å². The number of benzene rings is 3. The molecule has 2 heterocycles. The topological polar surface area (TPSA) is 83.1 Å². The number of halogens is 1. The number of nitrogens with zero attached hydrogens (tertiary/aromatic N) is 2. The van der Waals surface area contributed by atoms with Gasteiger partial charge in [0.1, 0.15) is 23.0 Å². The van der Waals surface area contributed by atoms with Crippen molar-refractivity contribution in [2.24, 2.45) is 5.10 Å². The van der Waals surface area contributed by atoms with Gasteiger partial charge in [-0.3, -0.25) is 4.79 Å². The average molecular weight is 452 g/mol. The molecule has 1 N–H and O–H groups in total. The van der Waals surface area contributed by atoms with Crippen LogP contribution in [0.5, 0.6) is 0 Å². The molecule has 34 heavy (non-hydrogen) atoms. The predicted octanol–water partition coefficient (Wildman–Crippen LogP) is 5.62. The summed E-state index contributed by atoms with van der Waals surface area (Å²) in [7, 11) is 0. The molecule has 0 radical (unpaired) electrons. The molecule has 0 saturated heterocycles. The van der Waals surface area contributed by atoms with Gasteiger partial charge in [-0.1, -0.05) is 48.5 Å². The van der Waals surface area contributed by atoms with E-state index in [0.717, 1.165) is 5.56 Å². The summed E-state index contributed by atoms with van der Waals surface area (Å²) in [5.41, 5.74) is 2.44. The van der Waals surface area contributed by atoms with E-state index >= 15 is 0 Å². The Kier molecular flexibility index (Phi) is 5.35. The summed E-state index contributed by atoms with van der Waals surface area (Å²) in [4.78, 5) is 24.9. The zero-order valence-corrected chi connectivity index (χ0v) is 17.7. The molecule has 0 bridgehead atoms. The summed E-state index contributed by atoms with van der Waals surface area (Å²) in [6, 6.07) is 24.6. The van der Waals surface area contributed by atoms with Crippen molar-refractivity contribution in [3.8, 4) is 11.3 Å². The monoisotopic (exact) mass is 452 g/mol. The first-order valence-corrected chi connectivity index (χ1v) is 10.4. The van der Waals surface area contributed by atoms with Crippen molar-refractivity contribution in [1.82, 2.24) is 0 Å². The second-order valence-electron chi connectivity index (χ2n) is 7.52. The van der Waals surface area contributed by atoms with Crippen LogP contribution in [-0.4, -0.2) is 22.7 Å². The van der Waals surface area contributed by atoms with E-state index < -0.39 is 17.7 Å². The first-order valence-electron chi connectivity index (χ1n) is 10.4. The van der Waals surface area contributed by atoms with Crippen LogP contribution in [0.25, 0.3) is 17.4 Å². The van der Waals surface area contributed by atoms with Gasteiger partial charge < -0.3 is 9.52 Å². The highest BCUT2D eigenvalue weighted by atomic mass is 19.1. The van der Waals surface area contributed by atoms with E-state index in [-0.39, 0.29) is 5.56 Å². The van der Waals surface area contributed by atoms with E-state index in [4.69, 9.17) is 4.42 Å². The highest BCUT2D eigenvalue weighted by molar-refractivity contribution is 6.37. The van der Waals surface area contributed by atoms with Gasteiger partial charge in [0.25, 0.3) is 5.91 Å². The maximum Gasteiger partial charge on any atom is 0.336 e. The van der Waals surface area contributed by atoms with Gasteiger partial charge >= 0.3 is 5.97 Å². The summed E-state index contributed by atoms with van der Waals surface area (Å²) in [5, 5.41) is 15.2. The van der Waals surface area contributed by atoms with Crippen LogP contribution in [-0.2, 0) is 4.79 Å². The number of carbonyl (C=O) groups is 2. The molecule has 0 atom stereocenters. The molecule has 1 aromatic heterocycles.